The van der Waals surface area contributed by atoms with Crippen molar-refractivity contribution >= 4 is 27.7 Å². The summed E-state index contributed by atoms with van der Waals surface area (Å²) in [5.41, 5.74) is -0.323. The van der Waals surface area contributed by atoms with E-state index in [2.05, 4.69) is 4.74 Å². The van der Waals surface area contributed by atoms with Crippen molar-refractivity contribution in [3.05, 3.63) is 58.4 Å². The van der Waals surface area contributed by atoms with E-state index in [0.29, 0.717) is 11.0 Å². The first-order valence-corrected chi connectivity index (χ1v) is 5.74. The number of rotatable bonds is 1. The van der Waals surface area contributed by atoms with Gasteiger partial charge in [0.2, 0.25) is 0 Å². The molecule has 0 aliphatic heterocycles. The van der Waals surface area contributed by atoms with Crippen molar-refractivity contribution in [2.75, 3.05) is 7.11 Å². The van der Waals surface area contributed by atoms with E-state index >= 15 is 0 Å². The zero-order valence-electron chi connectivity index (χ0n) is 10.2. The average Bonchev–Trinajstić information content (AvgIpc) is 2.43. The lowest BCUT2D eigenvalue weighted by molar-refractivity contribution is 0.0596. The summed E-state index contributed by atoms with van der Waals surface area (Å²) in [7, 11) is 1.23. The molecule has 4 nitrogen and oxygen atoms in total. The SMILES string of the molecule is COC(=O)c1cc2cc3ccccc3cc2oc1=O. The van der Waals surface area contributed by atoms with E-state index in [0.717, 1.165) is 10.8 Å². The number of carbonyl (C=O) groups excluding carboxylic acids is 1. The van der Waals surface area contributed by atoms with Crippen LogP contribution >= 0.6 is 0 Å². The molecule has 0 aliphatic carbocycles. The van der Waals surface area contributed by atoms with Crippen LogP contribution in [0.2, 0.25) is 0 Å². The van der Waals surface area contributed by atoms with Crippen LogP contribution in [0.1, 0.15) is 10.4 Å². The van der Waals surface area contributed by atoms with Crippen molar-refractivity contribution in [2.45, 2.75) is 0 Å². The molecule has 0 amide bonds. The summed E-state index contributed by atoms with van der Waals surface area (Å²) in [5.74, 6) is -0.691. The first-order valence-electron chi connectivity index (χ1n) is 5.74. The van der Waals surface area contributed by atoms with E-state index in [9.17, 15) is 9.59 Å². The molecule has 4 heteroatoms. The minimum atomic E-state index is -0.691. The lowest BCUT2D eigenvalue weighted by atomic mass is 10.1. The van der Waals surface area contributed by atoms with Crippen molar-refractivity contribution in [3.63, 3.8) is 0 Å². The molecule has 3 aromatic rings. The van der Waals surface area contributed by atoms with Gasteiger partial charge < -0.3 is 9.15 Å². The fraction of sp³-hybridized carbons (Fsp3) is 0.0667. The molecule has 0 saturated carbocycles. The number of hydrogen-bond acceptors (Lipinski definition) is 4. The van der Waals surface area contributed by atoms with E-state index < -0.39 is 11.6 Å². The molecule has 1 heterocycles. The van der Waals surface area contributed by atoms with Crippen LogP contribution in [0.4, 0.5) is 0 Å². The van der Waals surface area contributed by atoms with Crippen molar-refractivity contribution in [2.24, 2.45) is 0 Å². The Bertz CT molecular complexity index is 846. The first-order chi connectivity index (χ1) is 9.19. The van der Waals surface area contributed by atoms with E-state index in [1.165, 1.54) is 13.2 Å². The van der Waals surface area contributed by atoms with Gasteiger partial charge in [0.25, 0.3) is 0 Å². The summed E-state index contributed by atoms with van der Waals surface area (Å²) < 4.78 is 9.72. The number of carbonyl (C=O) groups is 1. The van der Waals surface area contributed by atoms with Crippen molar-refractivity contribution in [1.82, 2.24) is 0 Å². The molecule has 94 valence electrons. The second-order valence-electron chi connectivity index (χ2n) is 4.18. The Labute approximate surface area is 108 Å². The van der Waals surface area contributed by atoms with Crippen LogP contribution in [0, 0.1) is 0 Å². The highest BCUT2D eigenvalue weighted by Crippen LogP contribution is 2.22. The van der Waals surface area contributed by atoms with Gasteiger partial charge in [0.1, 0.15) is 11.1 Å². The number of esters is 1. The molecule has 2 aromatic carbocycles. The third-order valence-corrected chi connectivity index (χ3v) is 3.01. The maximum absolute atomic E-state index is 11.7. The summed E-state index contributed by atoms with van der Waals surface area (Å²) in [6, 6.07) is 12.9. The molecule has 0 saturated heterocycles. The van der Waals surface area contributed by atoms with Crippen LogP contribution in [0.3, 0.4) is 0 Å². The fourth-order valence-corrected chi connectivity index (χ4v) is 2.06. The number of fused-ring (bicyclic) bond motifs is 2. The fourth-order valence-electron chi connectivity index (χ4n) is 2.06. The molecule has 0 aliphatic rings. The normalized spacial score (nSPS) is 10.8. The quantitative estimate of drug-likeness (QED) is 0.380. The summed E-state index contributed by atoms with van der Waals surface area (Å²) in [5, 5.41) is 2.68. The Kier molecular flexibility index (Phi) is 2.56. The number of benzene rings is 2. The molecule has 0 fully saturated rings. The standard InChI is InChI=1S/C15H10O4/c1-18-14(16)12-7-11-6-9-4-2-3-5-10(9)8-13(11)19-15(12)17/h2-8H,1H3. The Hall–Kier alpha value is -2.62. The second kappa shape index (κ2) is 4.24. The molecule has 0 bridgehead atoms. The highest BCUT2D eigenvalue weighted by Gasteiger charge is 2.14. The maximum atomic E-state index is 11.7. The molecular weight excluding hydrogens is 244 g/mol. The minimum Gasteiger partial charge on any atom is -0.465 e. The highest BCUT2D eigenvalue weighted by atomic mass is 16.5. The van der Waals surface area contributed by atoms with Gasteiger partial charge in [-0.15, -0.1) is 0 Å². The summed E-state index contributed by atoms with van der Waals surface area (Å²) in [6.45, 7) is 0. The van der Waals surface area contributed by atoms with E-state index in [-0.39, 0.29) is 5.56 Å². The lowest BCUT2D eigenvalue weighted by Gasteiger charge is -2.03. The van der Waals surface area contributed by atoms with Crippen LogP contribution in [0.5, 0.6) is 0 Å². The molecule has 19 heavy (non-hydrogen) atoms. The lowest BCUT2D eigenvalue weighted by Crippen LogP contribution is -2.14. The predicted molar refractivity (Wildman–Crippen MR) is 71.3 cm³/mol. The van der Waals surface area contributed by atoms with Crippen molar-refractivity contribution < 1.29 is 13.9 Å². The van der Waals surface area contributed by atoms with E-state index in [1.54, 1.807) is 6.07 Å². The van der Waals surface area contributed by atoms with E-state index in [4.69, 9.17) is 4.42 Å². The Morgan fingerprint density at radius 2 is 1.74 bits per heavy atom. The monoisotopic (exact) mass is 254 g/mol. The minimum absolute atomic E-state index is 0.0923. The largest absolute Gasteiger partial charge is 0.465 e. The molecule has 0 unspecified atom stereocenters. The van der Waals surface area contributed by atoms with Crippen LogP contribution in [-0.2, 0) is 4.74 Å². The zero-order chi connectivity index (χ0) is 13.4. The summed E-state index contributed by atoms with van der Waals surface area (Å²) >= 11 is 0. The first kappa shape index (κ1) is 11.5. The van der Waals surface area contributed by atoms with Gasteiger partial charge in [-0.3, -0.25) is 0 Å². The van der Waals surface area contributed by atoms with E-state index in [1.807, 2.05) is 30.3 Å². The molecule has 0 spiro atoms. The number of hydrogen-bond donors (Lipinski definition) is 0. The van der Waals surface area contributed by atoms with Gasteiger partial charge >= 0.3 is 11.6 Å². The molecule has 0 atom stereocenters. The Balaban J connectivity index is 2.36. The predicted octanol–water partition coefficient (Wildman–Crippen LogP) is 2.73. The molecule has 0 N–H and O–H groups in total. The summed E-state index contributed by atoms with van der Waals surface area (Å²) in [6.07, 6.45) is 0. The third-order valence-electron chi connectivity index (χ3n) is 3.01. The van der Waals surface area contributed by atoms with Crippen LogP contribution in [0.25, 0.3) is 21.7 Å². The van der Waals surface area contributed by atoms with Gasteiger partial charge in [-0.2, -0.15) is 0 Å². The van der Waals surface area contributed by atoms with Gasteiger partial charge in [-0.05, 0) is 29.0 Å². The topological polar surface area (TPSA) is 56.5 Å². The highest BCUT2D eigenvalue weighted by molar-refractivity contribution is 5.98. The molecular formula is C15H10O4. The second-order valence-corrected chi connectivity index (χ2v) is 4.18. The van der Waals surface area contributed by atoms with Gasteiger partial charge in [0.15, 0.2) is 0 Å². The van der Waals surface area contributed by atoms with Gasteiger partial charge in [0.05, 0.1) is 7.11 Å². The molecule has 3 rings (SSSR count). The Morgan fingerprint density at radius 1 is 1.05 bits per heavy atom. The smallest absolute Gasteiger partial charge is 0.351 e. The number of ether oxygens (including phenoxy) is 1. The third kappa shape index (κ3) is 1.87. The van der Waals surface area contributed by atoms with Gasteiger partial charge in [-0.25, -0.2) is 9.59 Å². The molecule has 0 radical (unpaired) electrons. The maximum Gasteiger partial charge on any atom is 0.351 e. The average molecular weight is 254 g/mol. The van der Waals surface area contributed by atoms with Crippen molar-refractivity contribution in [1.29, 1.82) is 0 Å². The van der Waals surface area contributed by atoms with Gasteiger partial charge in [0, 0.05) is 5.39 Å². The zero-order valence-corrected chi connectivity index (χ0v) is 10.2. The summed E-state index contributed by atoms with van der Waals surface area (Å²) in [4.78, 5) is 23.2. The molecule has 1 aromatic heterocycles. The number of methoxy groups -OCH3 is 1. The van der Waals surface area contributed by atoms with Crippen LogP contribution in [0.15, 0.2) is 51.7 Å². The van der Waals surface area contributed by atoms with Crippen LogP contribution in [-0.4, -0.2) is 13.1 Å². The van der Waals surface area contributed by atoms with Crippen molar-refractivity contribution in [3.8, 4) is 0 Å². The van der Waals surface area contributed by atoms with Gasteiger partial charge in [-0.1, -0.05) is 24.3 Å². The van der Waals surface area contributed by atoms with Crippen LogP contribution < -0.4 is 5.63 Å². The Morgan fingerprint density at radius 3 is 2.42 bits per heavy atom.